The Morgan fingerprint density at radius 3 is 2.01 bits per heavy atom. The van der Waals surface area contributed by atoms with Crippen molar-refractivity contribution in [3.63, 3.8) is 0 Å². The van der Waals surface area contributed by atoms with Gasteiger partial charge in [-0.05, 0) is 23.8 Å². The van der Waals surface area contributed by atoms with Gasteiger partial charge in [-0.3, -0.25) is 68.2 Å². The Morgan fingerprint density at radius 2 is 1.39 bits per heavy atom. The third kappa shape index (κ3) is 17.0. The summed E-state index contributed by atoms with van der Waals surface area (Å²) in [7, 11) is 1.56. The summed E-state index contributed by atoms with van der Waals surface area (Å²) in [5.41, 5.74) is 9.76. The number of carboxylic acid groups (broad SMARTS) is 1. The van der Waals surface area contributed by atoms with Crippen LogP contribution >= 0.6 is 21.6 Å². The van der Waals surface area contributed by atoms with Gasteiger partial charge in [-0.25, -0.2) is 4.79 Å². The number of nitrogens with zero attached hydrogens (tertiary/aromatic N) is 3. The van der Waals surface area contributed by atoms with Crippen molar-refractivity contribution in [1.82, 2.24) is 42.1 Å². The van der Waals surface area contributed by atoms with Gasteiger partial charge in [-0.1, -0.05) is 27.7 Å². The van der Waals surface area contributed by atoms with Crippen molar-refractivity contribution in [3.8, 4) is 5.75 Å². The molecule has 0 aromatic heterocycles. The van der Waals surface area contributed by atoms with E-state index >= 15 is 0 Å². The number of carbonyl (C=O) groups excluding carboxylic acids is 10. The zero-order valence-corrected chi connectivity index (χ0v) is 38.9. The van der Waals surface area contributed by atoms with E-state index < -0.39 is 180 Å². The number of amides is 11. The predicted molar refractivity (Wildman–Crippen MR) is 248 cm³/mol. The van der Waals surface area contributed by atoms with Gasteiger partial charge in [0.2, 0.25) is 53.2 Å². The number of anilines is 1. The fourth-order valence-electron chi connectivity index (χ4n) is 6.76. The Balaban J connectivity index is 1.69. The van der Waals surface area contributed by atoms with E-state index in [1.165, 1.54) is 0 Å². The minimum atomic E-state index is -1.96. The Morgan fingerprint density at radius 1 is 0.764 bits per heavy atom. The number of hydrogen-bond acceptors (Lipinski definition) is 19. The summed E-state index contributed by atoms with van der Waals surface area (Å²) in [6, 6.07) is -3.90. The molecule has 2 fully saturated rings. The van der Waals surface area contributed by atoms with Crippen molar-refractivity contribution in [1.29, 1.82) is 0 Å². The summed E-state index contributed by atoms with van der Waals surface area (Å²) < 4.78 is 0. The van der Waals surface area contributed by atoms with Crippen molar-refractivity contribution in [2.24, 2.45) is 11.5 Å². The lowest BCUT2D eigenvalue weighted by molar-refractivity contribution is -0.385. The number of rotatable bonds is 11. The van der Waals surface area contributed by atoms with Crippen LogP contribution < -0.4 is 54.0 Å². The van der Waals surface area contributed by atoms with Crippen molar-refractivity contribution >= 4 is 104 Å². The minimum absolute atomic E-state index is 0.0134. The fourth-order valence-corrected chi connectivity index (χ4v) is 9.10. The summed E-state index contributed by atoms with van der Waals surface area (Å²) in [4.78, 5) is 166. The lowest BCUT2D eigenvalue weighted by Gasteiger charge is -2.27. The first-order valence-corrected chi connectivity index (χ1v) is 23.5. The number of carboxylic acids is 1. The molecular weight excluding hydrogens is 1000 g/mol. The first-order chi connectivity index (χ1) is 33.9. The Labute approximate surface area is 412 Å². The number of nitrogens with two attached hydrogens (primary N) is 2. The lowest BCUT2D eigenvalue weighted by Crippen LogP contribution is -2.58. The summed E-state index contributed by atoms with van der Waals surface area (Å²) >= 11 is 0. The van der Waals surface area contributed by atoms with Crippen LogP contribution in [0.1, 0.15) is 24.8 Å². The topological polar surface area (TPSA) is 486 Å². The average molecular weight is 1050 g/mol. The van der Waals surface area contributed by atoms with Crippen molar-refractivity contribution < 1.29 is 77.9 Å². The van der Waals surface area contributed by atoms with E-state index in [1.807, 2.05) is 0 Å². The highest BCUT2D eigenvalue weighted by atomic mass is 33.1. The number of nitro benzene ring substituents is 2. The molecule has 2 aliphatic heterocycles. The molecule has 2 aromatic carbocycles. The number of urea groups is 1. The Bertz CT molecular complexity index is 2480. The molecule has 2 saturated heterocycles. The number of benzene rings is 2. The third-order valence-electron chi connectivity index (χ3n) is 10.3. The maximum Gasteiger partial charge on any atom is 0.319 e. The number of nitro groups is 2. The van der Waals surface area contributed by atoms with E-state index in [4.69, 9.17) is 11.5 Å². The van der Waals surface area contributed by atoms with E-state index in [9.17, 15) is 88.3 Å². The van der Waals surface area contributed by atoms with E-state index in [1.54, 1.807) is 0 Å². The molecule has 4 rings (SSSR count). The van der Waals surface area contributed by atoms with Gasteiger partial charge in [0.05, 0.1) is 41.9 Å². The summed E-state index contributed by atoms with van der Waals surface area (Å²) in [6.45, 7) is -2.40. The molecule has 7 atom stereocenters. The molecule has 0 spiro atoms. The minimum Gasteiger partial charge on any atom is -0.502 e. The molecule has 72 heavy (non-hydrogen) atoms. The van der Waals surface area contributed by atoms with Gasteiger partial charge in [0.15, 0.2) is 5.75 Å². The molecular formula is C39H47N13O18S2. The molecule has 2 aliphatic rings. The summed E-state index contributed by atoms with van der Waals surface area (Å²) in [5.74, 6) is -13.4. The second-order valence-electron chi connectivity index (χ2n) is 15.7. The number of fused-ring (bicyclic) bond motifs is 1. The SMILES string of the molecule is NC(=O)C[C@@H]1NC(=O)[C@@H]2C[C@@H](O)CN2C(=O)CNC(=O)[C@H](Cc2ccc(O)c([N+](=O)[O-])c2)NC(=O)CNC(=O)[C@@H](CC(=O)O)NC(=O)[C@H](NC(=O)Nc2ccc([N+](=O)[O-])cc2)CSSC[C@H](C(N)=O)NC1=O. The maximum absolute atomic E-state index is 13.8. The molecule has 388 valence electrons. The predicted octanol–water partition coefficient (Wildman–Crippen LogP) is -4.69. The van der Waals surface area contributed by atoms with Crippen LogP contribution in [0, 0.1) is 20.2 Å². The number of aromatic hydroxyl groups is 1. The monoisotopic (exact) mass is 1050 g/mol. The van der Waals surface area contributed by atoms with E-state index in [-0.39, 0.29) is 22.7 Å². The normalized spacial score (nSPS) is 23.3. The van der Waals surface area contributed by atoms with Crippen LogP contribution in [0.5, 0.6) is 5.75 Å². The average Bonchev–Trinajstić information content (AvgIpc) is 3.71. The van der Waals surface area contributed by atoms with Crippen LogP contribution in [0.4, 0.5) is 21.9 Å². The standard InChI is InChI=1S/C39H47N13O18S2/c40-29(55)10-22-36(63)48-24(33(41)60)15-71-72-16-25(49-39(66)44-18-2-4-19(5-3-18)51(67)68)37(64)46-23(11-32(58)59)35(62)42-12-30(56)45-21(7-17-1-6-28(54)26(8-17)52(69)70)34(61)43-13-31(57)50-14-20(53)9-27(50)38(65)47-22/h1-6,8,20-25,27,53-54H,7,9-16H2,(H2,40,55)(H2,41,60)(H,42,62)(H,43,61)(H,45,56)(H,46,64)(H,47,65)(H,48,63)(H,58,59)(H2,44,49,66)/t20-,21+,22+,23-,24-,25-,27+/m1/s1. The van der Waals surface area contributed by atoms with E-state index in [2.05, 4.69) is 42.5 Å². The van der Waals surface area contributed by atoms with Gasteiger partial charge in [0.1, 0.15) is 36.3 Å². The zero-order valence-electron chi connectivity index (χ0n) is 37.2. The fraction of sp³-hybridized carbons (Fsp3) is 0.410. The van der Waals surface area contributed by atoms with Crippen molar-refractivity contribution in [3.05, 3.63) is 68.3 Å². The molecule has 0 bridgehead atoms. The van der Waals surface area contributed by atoms with Gasteiger partial charge < -0.3 is 74.2 Å². The number of phenols is 1. The van der Waals surface area contributed by atoms with Gasteiger partial charge in [-0.15, -0.1) is 0 Å². The van der Waals surface area contributed by atoms with Crippen LogP contribution in [0.25, 0.3) is 0 Å². The highest BCUT2D eigenvalue weighted by Crippen LogP contribution is 2.27. The van der Waals surface area contributed by atoms with Gasteiger partial charge in [0, 0.05) is 54.8 Å². The molecule has 15 N–H and O–H groups in total. The molecule has 2 aromatic rings. The quantitative estimate of drug-likeness (QED) is 0.0571. The molecule has 33 heteroatoms. The zero-order chi connectivity index (χ0) is 53.4. The number of nitrogens with one attached hydrogen (secondary N) is 8. The van der Waals surface area contributed by atoms with Gasteiger partial charge in [0.25, 0.3) is 5.69 Å². The number of primary amides is 2. The number of aliphatic hydroxyl groups is 1. The highest BCUT2D eigenvalue weighted by Gasteiger charge is 2.41. The van der Waals surface area contributed by atoms with Crippen LogP contribution in [0.15, 0.2) is 42.5 Å². The molecule has 11 amide bonds. The summed E-state index contributed by atoms with van der Waals surface area (Å²) in [6.07, 6.45) is -4.24. The van der Waals surface area contributed by atoms with Crippen molar-refractivity contribution in [2.75, 3.05) is 36.5 Å². The van der Waals surface area contributed by atoms with Gasteiger partial charge in [-0.2, -0.15) is 0 Å². The number of carbonyl (C=O) groups is 11. The molecule has 0 unspecified atom stereocenters. The van der Waals surface area contributed by atoms with Crippen LogP contribution in [-0.4, -0.2) is 169 Å². The van der Waals surface area contributed by atoms with Crippen LogP contribution in [-0.2, 0) is 54.4 Å². The maximum atomic E-state index is 13.8. The molecule has 2 heterocycles. The third-order valence-corrected chi connectivity index (χ3v) is 12.7. The first-order valence-electron chi connectivity index (χ1n) is 21.0. The Kier molecular flexibility index (Phi) is 20.3. The number of aliphatic hydroxyl groups excluding tert-OH is 1. The van der Waals surface area contributed by atoms with E-state index in [0.717, 1.165) is 69.0 Å². The van der Waals surface area contributed by atoms with Crippen molar-refractivity contribution in [2.45, 2.75) is 68.0 Å². The summed E-state index contributed by atoms with van der Waals surface area (Å²) in [5, 5.41) is 70.6. The molecule has 31 nitrogen and oxygen atoms in total. The second-order valence-corrected chi connectivity index (χ2v) is 18.2. The lowest BCUT2D eigenvalue weighted by atomic mass is 10.0. The second kappa shape index (κ2) is 26.0. The van der Waals surface area contributed by atoms with Gasteiger partial charge >= 0.3 is 17.7 Å². The molecule has 0 saturated carbocycles. The molecule has 0 aliphatic carbocycles. The first kappa shape index (κ1) is 56.3. The van der Waals surface area contributed by atoms with E-state index in [0.29, 0.717) is 0 Å². The highest BCUT2D eigenvalue weighted by molar-refractivity contribution is 8.76. The number of aliphatic carboxylic acids is 1. The molecule has 0 radical (unpaired) electrons. The number of phenolic OH excluding ortho intramolecular Hbond substituents is 1. The number of non-ortho nitro benzene ring substituents is 1. The largest absolute Gasteiger partial charge is 0.502 e. The smallest absolute Gasteiger partial charge is 0.319 e. The Hall–Kier alpha value is -8.33. The number of hydrogen-bond donors (Lipinski definition) is 13. The van der Waals surface area contributed by atoms with Crippen LogP contribution in [0.2, 0.25) is 0 Å². The van der Waals surface area contributed by atoms with Crippen LogP contribution in [0.3, 0.4) is 0 Å².